The fourth-order valence-electron chi connectivity index (χ4n) is 1.58. The minimum atomic E-state index is 0.377. The first kappa shape index (κ1) is 8.10. The number of benzene rings is 1. The molecule has 13 heavy (non-hydrogen) atoms. The second-order valence-corrected chi connectivity index (χ2v) is 3.25. The van der Waals surface area contributed by atoms with Crippen molar-refractivity contribution in [3.05, 3.63) is 30.3 Å². The molecule has 3 nitrogen and oxygen atoms in total. The van der Waals surface area contributed by atoms with Gasteiger partial charge in [0.15, 0.2) is 5.96 Å². The number of nitrogens with two attached hydrogens (primary N) is 1. The number of anilines is 1. The van der Waals surface area contributed by atoms with Gasteiger partial charge in [0.2, 0.25) is 0 Å². The van der Waals surface area contributed by atoms with Gasteiger partial charge in [0, 0.05) is 5.69 Å². The molecule has 2 N–H and O–H groups in total. The molecule has 0 saturated heterocycles. The number of hydrogen-bond donors (Lipinski definition) is 1. The quantitative estimate of drug-likeness (QED) is 0.697. The maximum atomic E-state index is 5.78. The third kappa shape index (κ3) is 1.37. The summed E-state index contributed by atoms with van der Waals surface area (Å²) in [6, 6.07) is 10.5. The van der Waals surface area contributed by atoms with Crippen LogP contribution in [-0.2, 0) is 0 Å². The highest BCUT2D eigenvalue weighted by Gasteiger charge is 2.22. The minimum absolute atomic E-state index is 0.377. The molecule has 0 aromatic heterocycles. The molecule has 0 amide bonds. The lowest BCUT2D eigenvalue weighted by atomic mass is 10.2. The van der Waals surface area contributed by atoms with Gasteiger partial charge in [-0.3, -0.25) is 4.99 Å². The summed E-state index contributed by atoms with van der Waals surface area (Å²) in [6.07, 6.45) is 0. The van der Waals surface area contributed by atoms with Crippen LogP contribution in [0.1, 0.15) is 6.92 Å². The van der Waals surface area contributed by atoms with E-state index in [4.69, 9.17) is 5.73 Å². The Morgan fingerprint density at radius 2 is 2.08 bits per heavy atom. The van der Waals surface area contributed by atoms with Crippen LogP contribution < -0.4 is 10.6 Å². The number of guanidine groups is 1. The van der Waals surface area contributed by atoms with E-state index in [2.05, 4.69) is 16.8 Å². The normalized spacial score (nSPS) is 21.8. The molecule has 3 heteroatoms. The zero-order valence-corrected chi connectivity index (χ0v) is 7.64. The van der Waals surface area contributed by atoms with Crippen LogP contribution in [0.2, 0.25) is 0 Å². The summed E-state index contributed by atoms with van der Waals surface area (Å²) in [5, 5.41) is 0. The van der Waals surface area contributed by atoms with Crippen molar-refractivity contribution in [2.24, 2.45) is 10.7 Å². The molecule has 1 aliphatic heterocycles. The summed E-state index contributed by atoms with van der Waals surface area (Å²) < 4.78 is 0. The van der Waals surface area contributed by atoms with Crippen LogP contribution >= 0.6 is 0 Å². The van der Waals surface area contributed by atoms with Crippen LogP contribution in [0.3, 0.4) is 0 Å². The maximum Gasteiger partial charge on any atom is 0.196 e. The Morgan fingerprint density at radius 3 is 2.62 bits per heavy atom. The average Bonchev–Trinajstić information content (AvgIpc) is 2.48. The van der Waals surface area contributed by atoms with Crippen molar-refractivity contribution in [1.82, 2.24) is 0 Å². The first-order chi connectivity index (χ1) is 6.29. The lowest BCUT2D eigenvalue weighted by molar-refractivity contribution is 0.784. The average molecular weight is 175 g/mol. The van der Waals surface area contributed by atoms with E-state index in [1.165, 1.54) is 0 Å². The smallest absolute Gasteiger partial charge is 0.196 e. The van der Waals surface area contributed by atoms with Gasteiger partial charge in [0.25, 0.3) is 0 Å². The van der Waals surface area contributed by atoms with Crippen LogP contribution in [0.4, 0.5) is 5.69 Å². The fraction of sp³-hybridized carbons (Fsp3) is 0.300. The van der Waals surface area contributed by atoms with Gasteiger partial charge in [-0.25, -0.2) is 0 Å². The number of hydrogen-bond acceptors (Lipinski definition) is 3. The van der Waals surface area contributed by atoms with Crippen molar-refractivity contribution in [2.45, 2.75) is 13.0 Å². The first-order valence-corrected chi connectivity index (χ1v) is 4.43. The van der Waals surface area contributed by atoms with E-state index in [0.29, 0.717) is 12.0 Å². The predicted octanol–water partition coefficient (Wildman–Crippen LogP) is 1.21. The lowest BCUT2D eigenvalue weighted by Gasteiger charge is -2.22. The van der Waals surface area contributed by atoms with E-state index >= 15 is 0 Å². The summed E-state index contributed by atoms with van der Waals surface area (Å²) in [7, 11) is 0. The van der Waals surface area contributed by atoms with Crippen molar-refractivity contribution in [2.75, 3.05) is 11.4 Å². The van der Waals surface area contributed by atoms with E-state index < -0.39 is 0 Å². The summed E-state index contributed by atoms with van der Waals surface area (Å²) in [5.41, 5.74) is 6.90. The van der Waals surface area contributed by atoms with Gasteiger partial charge >= 0.3 is 0 Å². The number of rotatable bonds is 1. The van der Waals surface area contributed by atoms with E-state index in [-0.39, 0.29) is 0 Å². The molecule has 0 saturated carbocycles. The van der Waals surface area contributed by atoms with E-state index in [9.17, 15) is 0 Å². The first-order valence-electron chi connectivity index (χ1n) is 4.43. The van der Waals surface area contributed by atoms with Crippen LogP contribution in [0.25, 0.3) is 0 Å². The second-order valence-electron chi connectivity index (χ2n) is 3.25. The standard InChI is InChI=1S/C10H13N3/c1-8-7-12-10(11)13(8)9-5-3-2-4-6-9/h2-6,8H,7H2,1H3,(H2,11,12). The third-order valence-corrected chi connectivity index (χ3v) is 2.24. The van der Waals surface area contributed by atoms with Gasteiger partial charge in [-0.2, -0.15) is 0 Å². The minimum Gasteiger partial charge on any atom is -0.370 e. The third-order valence-electron chi connectivity index (χ3n) is 2.24. The molecule has 1 atom stereocenters. The maximum absolute atomic E-state index is 5.78. The number of nitrogens with zero attached hydrogens (tertiary/aromatic N) is 2. The molecule has 0 fully saturated rings. The van der Waals surface area contributed by atoms with E-state index in [0.717, 1.165) is 12.2 Å². The highest BCUT2D eigenvalue weighted by atomic mass is 15.3. The van der Waals surface area contributed by atoms with E-state index in [1.54, 1.807) is 0 Å². The molecule has 1 aliphatic rings. The van der Waals surface area contributed by atoms with Gasteiger partial charge in [0.1, 0.15) is 0 Å². The molecular weight excluding hydrogens is 162 g/mol. The summed E-state index contributed by atoms with van der Waals surface area (Å²) in [5.74, 6) is 0.624. The van der Waals surface area contributed by atoms with Crippen molar-refractivity contribution in [3.63, 3.8) is 0 Å². The van der Waals surface area contributed by atoms with E-state index in [1.807, 2.05) is 30.3 Å². The molecule has 1 aromatic rings. The number of para-hydroxylation sites is 1. The molecule has 0 aliphatic carbocycles. The van der Waals surface area contributed by atoms with Gasteiger partial charge in [-0.1, -0.05) is 18.2 Å². The fourth-order valence-corrected chi connectivity index (χ4v) is 1.58. The summed E-state index contributed by atoms with van der Waals surface area (Å²) in [6.45, 7) is 2.91. The zero-order valence-electron chi connectivity index (χ0n) is 7.64. The highest BCUT2D eigenvalue weighted by molar-refractivity contribution is 5.97. The Bertz CT molecular complexity index is 318. The predicted molar refractivity (Wildman–Crippen MR) is 54.9 cm³/mol. The molecule has 0 spiro atoms. The van der Waals surface area contributed by atoms with Crippen molar-refractivity contribution in [3.8, 4) is 0 Å². The SMILES string of the molecule is CC1CN=C(N)N1c1ccccc1. The van der Waals surface area contributed by atoms with Crippen LogP contribution in [0, 0.1) is 0 Å². The largest absolute Gasteiger partial charge is 0.370 e. The molecule has 1 unspecified atom stereocenters. The van der Waals surface area contributed by atoms with Crippen LogP contribution in [-0.4, -0.2) is 18.5 Å². The Balaban J connectivity index is 2.31. The van der Waals surface area contributed by atoms with Gasteiger partial charge in [-0.05, 0) is 19.1 Å². The van der Waals surface area contributed by atoms with Gasteiger partial charge in [0.05, 0.1) is 12.6 Å². The molecule has 1 aromatic carbocycles. The Labute approximate surface area is 77.9 Å². The second kappa shape index (κ2) is 3.09. The van der Waals surface area contributed by atoms with Gasteiger partial charge in [-0.15, -0.1) is 0 Å². The van der Waals surface area contributed by atoms with Crippen LogP contribution in [0.15, 0.2) is 35.3 Å². The zero-order chi connectivity index (χ0) is 9.26. The molecular formula is C10H13N3. The van der Waals surface area contributed by atoms with Crippen molar-refractivity contribution >= 4 is 11.6 Å². The monoisotopic (exact) mass is 175 g/mol. The Hall–Kier alpha value is -1.51. The Kier molecular flexibility index (Phi) is 1.93. The highest BCUT2D eigenvalue weighted by Crippen LogP contribution is 2.19. The summed E-state index contributed by atoms with van der Waals surface area (Å²) >= 11 is 0. The molecule has 0 radical (unpaired) electrons. The van der Waals surface area contributed by atoms with Gasteiger partial charge < -0.3 is 10.6 Å². The summed E-state index contributed by atoms with van der Waals surface area (Å²) in [4.78, 5) is 6.25. The van der Waals surface area contributed by atoms with Crippen LogP contribution in [0.5, 0.6) is 0 Å². The molecule has 2 rings (SSSR count). The molecule has 0 bridgehead atoms. The van der Waals surface area contributed by atoms with Crippen molar-refractivity contribution in [1.29, 1.82) is 0 Å². The number of aliphatic imine (C=N–C) groups is 1. The molecule has 68 valence electrons. The van der Waals surface area contributed by atoms with Crippen molar-refractivity contribution < 1.29 is 0 Å². The topological polar surface area (TPSA) is 41.6 Å². The Morgan fingerprint density at radius 1 is 1.38 bits per heavy atom. The lowest BCUT2D eigenvalue weighted by Crippen LogP contribution is -2.39. The molecule has 1 heterocycles.